The molecule has 4 aliphatic carbocycles. The Morgan fingerprint density at radius 2 is 1.76 bits per heavy atom. The van der Waals surface area contributed by atoms with E-state index in [2.05, 4.69) is 24.8 Å². The third kappa shape index (κ3) is 3.87. The number of aromatic nitrogens is 4. The van der Waals surface area contributed by atoms with Gasteiger partial charge in [0.2, 0.25) is 0 Å². The molecule has 5 N–H and O–H groups in total. The van der Waals surface area contributed by atoms with Gasteiger partial charge in [0.15, 0.2) is 23.2 Å². The van der Waals surface area contributed by atoms with Gasteiger partial charge in [0, 0.05) is 5.54 Å². The van der Waals surface area contributed by atoms with E-state index in [0.29, 0.717) is 17.0 Å². The summed E-state index contributed by atoms with van der Waals surface area (Å²) in [5.74, 6) is 2.97. The molecule has 4 saturated carbocycles. The van der Waals surface area contributed by atoms with Crippen LogP contribution in [0.1, 0.15) is 44.8 Å². The molecule has 4 atom stereocenters. The Bertz CT molecular complexity index is 1070. The molecule has 180 valence electrons. The van der Waals surface area contributed by atoms with Crippen molar-refractivity contribution < 1.29 is 33.8 Å². The fourth-order valence-electron chi connectivity index (χ4n) is 6.91. The van der Waals surface area contributed by atoms with Crippen molar-refractivity contribution in [3.8, 4) is 0 Å². The van der Waals surface area contributed by atoms with Gasteiger partial charge >= 0.3 is 7.82 Å². The molecule has 1 saturated heterocycles. The lowest BCUT2D eigenvalue weighted by molar-refractivity contribution is -0.0504. The molecule has 33 heavy (non-hydrogen) atoms. The number of rotatable bonds is 6. The van der Waals surface area contributed by atoms with Crippen molar-refractivity contribution in [1.82, 2.24) is 19.5 Å². The summed E-state index contributed by atoms with van der Waals surface area (Å²) in [5, 5.41) is 24.6. The molecule has 0 amide bonds. The minimum atomic E-state index is -4.74. The van der Waals surface area contributed by atoms with Gasteiger partial charge in [-0.2, -0.15) is 0 Å². The summed E-state index contributed by atoms with van der Waals surface area (Å²) in [6, 6.07) is 0. The Morgan fingerprint density at radius 1 is 1.09 bits per heavy atom. The molecule has 2 aromatic rings. The minimum Gasteiger partial charge on any atom is -0.387 e. The summed E-state index contributed by atoms with van der Waals surface area (Å²) in [6.07, 6.45) is 5.41. The van der Waals surface area contributed by atoms with E-state index in [0.717, 1.165) is 37.0 Å². The first-order valence-electron chi connectivity index (χ1n) is 11.4. The highest BCUT2D eigenvalue weighted by atomic mass is 31.2. The smallest absolute Gasteiger partial charge is 0.387 e. The Hall–Kier alpha value is -1.66. The Balaban J connectivity index is 1.26. The van der Waals surface area contributed by atoms with Gasteiger partial charge in [-0.15, -0.1) is 0 Å². The number of phosphoric ester groups is 1. The predicted molar refractivity (Wildman–Crippen MR) is 114 cm³/mol. The molecule has 13 heteroatoms. The maximum absolute atomic E-state index is 11.0. The molecular formula is C20H28N5O7P. The molecule has 0 radical (unpaired) electrons. The monoisotopic (exact) mass is 481 g/mol. The first-order valence-corrected chi connectivity index (χ1v) is 12.9. The molecule has 7 rings (SSSR count). The van der Waals surface area contributed by atoms with Crippen LogP contribution < -0.4 is 5.32 Å². The fraction of sp³-hybridized carbons (Fsp3) is 0.750. The van der Waals surface area contributed by atoms with Crippen molar-refractivity contribution >= 4 is 24.8 Å². The van der Waals surface area contributed by atoms with Gasteiger partial charge in [-0.3, -0.25) is 9.09 Å². The summed E-state index contributed by atoms with van der Waals surface area (Å²) in [4.78, 5) is 31.1. The van der Waals surface area contributed by atoms with Crippen LogP contribution in [0, 0.1) is 17.8 Å². The number of fused-ring (bicyclic) bond motifs is 1. The highest BCUT2D eigenvalue weighted by molar-refractivity contribution is 7.46. The standard InChI is InChI=1S/C20H28N5O7P/c26-15-13(7-31-33(28,29)30)32-19(16(15)27)25-9-23-14-17(21-8-22-18(14)25)24-20-4-10-1-11(5-20)3-12(2-10)6-20/h8-13,15-16,19,26-27H,1-7H2,(H,21,22,24)(H2,28,29,30)/t10?,11?,12?,13-,15-,16-,19-,20?/m1/s1. The van der Waals surface area contributed by atoms with E-state index in [4.69, 9.17) is 14.5 Å². The van der Waals surface area contributed by atoms with Crippen LogP contribution in [-0.4, -0.2) is 70.0 Å². The molecule has 5 aliphatic rings. The lowest BCUT2D eigenvalue weighted by Gasteiger charge is -2.57. The average Bonchev–Trinajstić information content (AvgIpc) is 3.27. The van der Waals surface area contributed by atoms with Crippen molar-refractivity contribution in [2.75, 3.05) is 11.9 Å². The summed E-state index contributed by atoms with van der Waals surface area (Å²) in [5.41, 5.74) is 1.02. The highest BCUT2D eigenvalue weighted by Crippen LogP contribution is 2.56. The second-order valence-electron chi connectivity index (χ2n) is 10.2. The molecule has 5 fully saturated rings. The number of nitrogens with zero attached hydrogens (tertiary/aromatic N) is 4. The van der Waals surface area contributed by atoms with E-state index < -0.39 is 39.0 Å². The normalized spacial score (nSPS) is 40.1. The Kier molecular flexibility index (Phi) is 5.08. The van der Waals surface area contributed by atoms with Crippen LogP contribution in [0.5, 0.6) is 0 Å². The molecule has 0 spiro atoms. The van der Waals surface area contributed by atoms with E-state index in [-0.39, 0.29) is 5.54 Å². The van der Waals surface area contributed by atoms with Crippen LogP contribution >= 0.6 is 7.82 Å². The van der Waals surface area contributed by atoms with Crippen molar-refractivity contribution in [1.29, 1.82) is 0 Å². The first kappa shape index (κ1) is 21.8. The number of ether oxygens (including phenoxy) is 1. The third-order valence-electron chi connectivity index (χ3n) is 7.80. The van der Waals surface area contributed by atoms with Crippen LogP contribution in [0.4, 0.5) is 5.82 Å². The van der Waals surface area contributed by atoms with Crippen LogP contribution in [0.2, 0.25) is 0 Å². The molecule has 12 nitrogen and oxygen atoms in total. The summed E-state index contributed by atoms with van der Waals surface area (Å²) < 4.78 is 22.6. The van der Waals surface area contributed by atoms with Crippen molar-refractivity contribution in [2.45, 2.75) is 68.6 Å². The van der Waals surface area contributed by atoms with E-state index >= 15 is 0 Å². The lowest BCUT2D eigenvalue weighted by atomic mass is 9.53. The van der Waals surface area contributed by atoms with Gasteiger partial charge in [-0.25, -0.2) is 19.5 Å². The number of nitrogens with one attached hydrogen (secondary N) is 1. The van der Waals surface area contributed by atoms with Crippen LogP contribution in [-0.2, 0) is 13.8 Å². The zero-order chi connectivity index (χ0) is 23.0. The quantitative estimate of drug-likeness (QED) is 0.372. The highest BCUT2D eigenvalue weighted by Gasteiger charge is 2.51. The number of phosphoric acid groups is 1. The van der Waals surface area contributed by atoms with Crippen LogP contribution in [0.15, 0.2) is 12.7 Å². The van der Waals surface area contributed by atoms with Crippen molar-refractivity contribution in [2.24, 2.45) is 17.8 Å². The van der Waals surface area contributed by atoms with Gasteiger partial charge < -0.3 is 30.1 Å². The second-order valence-corrected chi connectivity index (χ2v) is 11.4. The van der Waals surface area contributed by atoms with Gasteiger partial charge in [0.05, 0.1) is 12.9 Å². The van der Waals surface area contributed by atoms with Gasteiger partial charge in [-0.1, -0.05) is 0 Å². The zero-order valence-electron chi connectivity index (χ0n) is 17.9. The van der Waals surface area contributed by atoms with Gasteiger partial charge in [0.1, 0.15) is 24.6 Å². The topological polar surface area (TPSA) is 172 Å². The SMILES string of the molecule is O=P(O)(O)OC[C@H]1O[C@@H](n2cnc3c(NC45CC6CC(CC(C6)C4)C5)ncnc32)[C@H](O)[C@@H]1O. The van der Waals surface area contributed by atoms with E-state index in [1.165, 1.54) is 36.5 Å². The lowest BCUT2D eigenvalue weighted by Crippen LogP contribution is -2.54. The summed E-state index contributed by atoms with van der Waals surface area (Å²) in [6.45, 7) is -0.570. The molecule has 1 aliphatic heterocycles. The number of aliphatic hydroxyl groups is 2. The number of hydrogen-bond donors (Lipinski definition) is 5. The molecule has 3 heterocycles. The van der Waals surface area contributed by atoms with Gasteiger partial charge in [-0.05, 0) is 56.3 Å². The van der Waals surface area contributed by atoms with E-state index in [1.54, 1.807) is 0 Å². The van der Waals surface area contributed by atoms with Crippen molar-refractivity contribution in [3.05, 3.63) is 12.7 Å². The number of anilines is 1. The molecular weight excluding hydrogens is 453 g/mol. The Labute approximate surface area is 189 Å². The molecule has 2 aromatic heterocycles. The minimum absolute atomic E-state index is 0.0321. The van der Waals surface area contributed by atoms with Gasteiger partial charge in [0.25, 0.3) is 0 Å². The Morgan fingerprint density at radius 3 is 2.39 bits per heavy atom. The molecule has 0 aromatic carbocycles. The number of hydrogen-bond acceptors (Lipinski definition) is 9. The zero-order valence-corrected chi connectivity index (χ0v) is 18.8. The largest absolute Gasteiger partial charge is 0.469 e. The first-order chi connectivity index (χ1) is 15.7. The summed E-state index contributed by atoms with van der Waals surface area (Å²) in [7, 11) is -4.74. The third-order valence-corrected chi connectivity index (χ3v) is 8.28. The molecule has 4 bridgehead atoms. The number of imidazole rings is 1. The van der Waals surface area contributed by atoms with Crippen molar-refractivity contribution in [3.63, 3.8) is 0 Å². The van der Waals surface area contributed by atoms with Crippen LogP contribution in [0.25, 0.3) is 11.2 Å². The predicted octanol–water partition coefficient (Wildman–Crippen LogP) is 0.935. The second kappa shape index (κ2) is 7.67. The fourth-order valence-corrected chi connectivity index (χ4v) is 7.25. The average molecular weight is 481 g/mol. The van der Waals surface area contributed by atoms with E-state index in [9.17, 15) is 14.8 Å². The maximum atomic E-state index is 11.0. The maximum Gasteiger partial charge on any atom is 0.469 e. The number of aliphatic hydroxyl groups excluding tert-OH is 2. The summed E-state index contributed by atoms with van der Waals surface area (Å²) >= 11 is 0. The van der Waals surface area contributed by atoms with Crippen LogP contribution in [0.3, 0.4) is 0 Å². The van der Waals surface area contributed by atoms with E-state index in [1.807, 2.05) is 0 Å². The molecule has 0 unspecified atom stereocenters.